The molecule has 1 spiro atoms. The minimum atomic E-state index is -0.660. The Balaban J connectivity index is 1.21. The van der Waals surface area contributed by atoms with E-state index in [0.29, 0.717) is 25.9 Å². The lowest BCUT2D eigenvalue weighted by Crippen LogP contribution is -2.52. The zero-order valence-corrected chi connectivity index (χ0v) is 27.8. The first-order chi connectivity index (χ1) is 23.2. The number of amides is 1. The van der Waals surface area contributed by atoms with Crippen molar-refractivity contribution in [1.29, 1.82) is 0 Å². The van der Waals surface area contributed by atoms with Crippen LogP contribution in [0.4, 0.5) is 4.79 Å². The maximum Gasteiger partial charge on any atom is 0.410 e. The summed E-state index contributed by atoms with van der Waals surface area (Å²) in [4.78, 5) is 33.0. The number of benzene rings is 4. The van der Waals surface area contributed by atoms with E-state index in [2.05, 4.69) is 95.7 Å². The molecule has 1 amide bonds. The molecule has 0 atom stereocenters. The first kappa shape index (κ1) is 31.4. The van der Waals surface area contributed by atoms with Crippen molar-refractivity contribution in [2.24, 2.45) is 5.41 Å². The van der Waals surface area contributed by atoms with Gasteiger partial charge in [-0.05, 0) is 73.9 Å². The van der Waals surface area contributed by atoms with Crippen molar-refractivity contribution in [3.8, 4) is 11.3 Å². The van der Waals surface area contributed by atoms with Crippen molar-refractivity contribution in [3.63, 3.8) is 0 Å². The van der Waals surface area contributed by atoms with Gasteiger partial charge in [0.15, 0.2) is 5.78 Å². The summed E-state index contributed by atoms with van der Waals surface area (Å²) in [6.07, 6.45) is 7.83. The summed E-state index contributed by atoms with van der Waals surface area (Å²) in [5.74, 6) is 0.197. The third-order valence-corrected chi connectivity index (χ3v) is 9.79. The minimum absolute atomic E-state index is 0.197. The fourth-order valence-electron chi connectivity index (χ4n) is 7.40. The number of carbonyl (C=O) groups excluding carboxylic acids is 2. The first-order valence-electron chi connectivity index (χ1n) is 16.7. The molecular weight excluding hydrogens is 594 g/mol. The van der Waals surface area contributed by atoms with E-state index in [1.54, 1.807) is 4.90 Å². The molecule has 4 aromatic carbocycles. The zero-order valence-electron chi connectivity index (χ0n) is 27.8. The monoisotopic (exact) mass is 635 g/mol. The summed E-state index contributed by atoms with van der Waals surface area (Å²) in [6.45, 7) is 6.69. The van der Waals surface area contributed by atoms with Crippen molar-refractivity contribution in [3.05, 3.63) is 156 Å². The largest absolute Gasteiger partial charge is 0.444 e. The smallest absolute Gasteiger partial charge is 0.410 e. The highest BCUT2D eigenvalue weighted by Crippen LogP contribution is 2.50. The number of hydrogen-bond donors (Lipinski definition) is 0. The van der Waals surface area contributed by atoms with Crippen molar-refractivity contribution in [2.75, 3.05) is 13.1 Å². The van der Waals surface area contributed by atoms with Crippen molar-refractivity contribution < 1.29 is 14.3 Å². The van der Waals surface area contributed by atoms with Crippen LogP contribution >= 0.6 is 0 Å². The van der Waals surface area contributed by atoms with Gasteiger partial charge < -0.3 is 14.2 Å². The molecule has 2 aliphatic rings. The van der Waals surface area contributed by atoms with Gasteiger partial charge in [-0.1, -0.05) is 115 Å². The molecule has 6 heteroatoms. The lowest BCUT2D eigenvalue weighted by atomic mass is 9.59. The fraction of sp³-hybridized carbons (Fsp3) is 0.262. The van der Waals surface area contributed by atoms with Gasteiger partial charge in [0, 0.05) is 30.3 Å². The van der Waals surface area contributed by atoms with Crippen LogP contribution in [-0.4, -0.2) is 45.0 Å². The Morgan fingerprint density at radius 1 is 0.771 bits per heavy atom. The highest BCUT2D eigenvalue weighted by atomic mass is 16.6. The second kappa shape index (κ2) is 12.4. The van der Waals surface area contributed by atoms with Gasteiger partial charge in [0.05, 0.1) is 12.0 Å². The number of rotatable bonds is 6. The number of imidazole rings is 1. The van der Waals surface area contributed by atoms with E-state index < -0.39 is 11.1 Å². The molecule has 48 heavy (non-hydrogen) atoms. The van der Waals surface area contributed by atoms with Crippen LogP contribution in [0.25, 0.3) is 17.3 Å². The van der Waals surface area contributed by atoms with Crippen LogP contribution in [0.5, 0.6) is 0 Å². The van der Waals surface area contributed by atoms with Crippen LogP contribution in [0.15, 0.2) is 133 Å². The molecule has 7 rings (SSSR count). The number of carbonyl (C=O) groups is 2. The Kier molecular flexibility index (Phi) is 8.12. The highest BCUT2D eigenvalue weighted by Gasteiger charge is 2.51. The topological polar surface area (TPSA) is 64.4 Å². The Labute approximate surface area is 282 Å². The lowest BCUT2D eigenvalue weighted by molar-refractivity contribution is -0.134. The van der Waals surface area contributed by atoms with Gasteiger partial charge in [-0.25, -0.2) is 9.78 Å². The van der Waals surface area contributed by atoms with Crippen LogP contribution in [0.3, 0.4) is 0 Å². The highest BCUT2D eigenvalue weighted by molar-refractivity contribution is 6.10. The summed E-state index contributed by atoms with van der Waals surface area (Å²) in [5, 5.41) is 0. The molecule has 1 aromatic heterocycles. The number of Topliss-reactive ketones (excluding diaryl/α,β-unsaturated/α-hetero) is 1. The molecule has 0 bridgehead atoms. The molecule has 2 heterocycles. The summed E-state index contributed by atoms with van der Waals surface area (Å²) in [5.41, 5.74) is 5.41. The van der Waals surface area contributed by atoms with E-state index in [-0.39, 0.29) is 17.3 Å². The van der Waals surface area contributed by atoms with E-state index in [9.17, 15) is 9.59 Å². The zero-order chi connectivity index (χ0) is 33.4. The predicted molar refractivity (Wildman–Crippen MR) is 189 cm³/mol. The van der Waals surface area contributed by atoms with Crippen LogP contribution in [0.1, 0.15) is 62.3 Å². The number of hydrogen-bond acceptors (Lipinski definition) is 4. The van der Waals surface area contributed by atoms with Gasteiger partial charge in [0.25, 0.3) is 0 Å². The molecule has 2 fully saturated rings. The summed E-state index contributed by atoms with van der Waals surface area (Å²) in [6, 6.07) is 39.8. The number of allylic oxidation sites excluding steroid dienone is 1. The molecule has 1 saturated heterocycles. The minimum Gasteiger partial charge on any atom is -0.444 e. The van der Waals surface area contributed by atoms with Crippen molar-refractivity contribution in [2.45, 2.75) is 51.2 Å². The van der Waals surface area contributed by atoms with Gasteiger partial charge in [-0.3, -0.25) is 4.79 Å². The fourth-order valence-corrected chi connectivity index (χ4v) is 7.40. The number of piperidine rings is 1. The van der Waals surface area contributed by atoms with Crippen molar-refractivity contribution in [1.82, 2.24) is 14.5 Å². The van der Waals surface area contributed by atoms with E-state index >= 15 is 0 Å². The molecule has 5 aromatic rings. The summed E-state index contributed by atoms with van der Waals surface area (Å²) in [7, 11) is 0. The Morgan fingerprint density at radius 3 is 1.81 bits per heavy atom. The molecule has 1 saturated carbocycles. The third kappa shape index (κ3) is 5.66. The maximum atomic E-state index is 13.7. The summed E-state index contributed by atoms with van der Waals surface area (Å²) < 4.78 is 7.78. The molecule has 1 aliphatic carbocycles. The van der Waals surface area contributed by atoms with Crippen LogP contribution in [-0.2, 0) is 15.1 Å². The number of likely N-dealkylation sites (tertiary alicyclic amines) is 1. The number of nitrogens with zero attached hydrogens (tertiary/aromatic N) is 3. The molecular formula is C42H41N3O3. The lowest BCUT2D eigenvalue weighted by Gasteiger charge is -2.47. The van der Waals surface area contributed by atoms with E-state index in [1.165, 1.54) is 0 Å². The van der Waals surface area contributed by atoms with Gasteiger partial charge in [-0.2, -0.15) is 0 Å². The second-order valence-corrected chi connectivity index (χ2v) is 14.0. The predicted octanol–water partition coefficient (Wildman–Crippen LogP) is 8.76. The van der Waals surface area contributed by atoms with Crippen molar-refractivity contribution >= 4 is 18.0 Å². The van der Waals surface area contributed by atoms with Gasteiger partial charge >= 0.3 is 6.09 Å². The maximum absolute atomic E-state index is 13.7. The van der Waals surface area contributed by atoms with Gasteiger partial charge in [0.2, 0.25) is 0 Å². The van der Waals surface area contributed by atoms with Crippen LogP contribution in [0, 0.1) is 5.41 Å². The average molecular weight is 636 g/mol. The van der Waals surface area contributed by atoms with Gasteiger partial charge in [0.1, 0.15) is 11.1 Å². The number of aromatic nitrogens is 2. The normalized spacial score (nSPS) is 16.9. The number of ether oxygens (including phenoxy) is 1. The quantitative estimate of drug-likeness (QED) is 0.138. The molecule has 0 radical (unpaired) electrons. The van der Waals surface area contributed by atoms with Crippen LogP contribution in [0.2, 0.25) is 0 Å². The molecule has 242 valence electrons. The standard InChI is InChI=1S/C42H41N3O3/c1-40(2,3)48-39(47)44-25-23-41(24-26-44)28-32(38(41)46)27-31-15-13-14-22-36(31)37-29-45(30-43-37)42(33-16-7-4-8-17-33,34-18-9-5-10-19-34)35-20-11-6-12-21-35/h4-22,27,29-30H,23-26,28H2,1-3H3/b32-27+. The Morgan fingerprint density at radius 2 is 1.29 bits per heavy atom. The molecule has 0 unspecified atom stereocenters. The molecule has 1 aliphatic heterocycles. The first-order valence-corrected chi connectivity index (χ1v) is 16.7. The van der Waals surface area contributed by atoms with Gasteiger partial charge in [-0.15, -0.1) is 0 Å². The van der Waals surface area contributed by atoms with E-state index in [4.69, 9.17) is 9.72 Å². The second-order valence-electron chi connectivity index (χ2n) is 14.0. The van der Waals surface area contributed by atoms with E-state index in [1.807, 2.05) is 63.5 Å². The Bertz CT molecular complexity index is 1850. The molecule has 0 N–H and O–H groups in total. The van der Waals surface area contributed by atoms with Crippen LogP contribution < -0.4 is 0 Å². The van der Waals surface area contributed by atoms with E-state index in [0.717, 1.165) is 45.5 Å². The third-order valence-electron chi connectivity index (χ3n) is 9.79. The number of ketones is 1. The summed E-state index contributed by atoms with van der Waals surface area (Å²) >= 11 is 0. The Hall–Kier alpha value is -5.23. The molecule has 6 nitrogen and oxygen atoms in total. The average Bonchev–Trinajstić information content (AvgIpc) is 3.60. The SMILES string of the molecule is CC(C)(C)OC(=O)N1CCC2(CC1)C/C(=C\c1ccccc1-c1cn(C(c3ccccc3)(c3ccccc3)c3ccccc3)cn1)C2=O.